The Bertz CT molecular complexity index is 308. The average Bonchev–Trinajstić information content (AvgIpc) is 2.28. The van der Waals surface area contributed by atoms with Gasteiger partial charge in [0.25, 0.3) is 0 Å². The molecule has 1 unspecified atom stereocenters. The fourth-order valence-electron chi connectivity index (χ4n) is 1.60. The number of rotatable bonds is 5. The van der Waals surface area contributed by atoms with Crippen LogP contribution in [0.25, 0.3) is 0 Å². The van der Waals surface area contributed by atoms with Crippen LogP contribution in [-0.2, 0) is 4.74 Å². The second-order valence-electron chi connectivity index (χ2n) is 4.18. The van der Waals surface area contributed by atoms with Gasteiger partial charge >= 0.3 is 0 Å². The summed E-state index contributed by atoms with van der Waals surface area (Å²) in [6.45, 7) is 4.59. The summed E-state index contributed by atoms with van der Waals surface area (Å²) in [7, 11) is 3.75. The molecule has 0 aliphatic heterocycles. The van der Waals surface area contributed by atoms with Gasteiger partial charge in [0.15, 0.2) is 0 Å². The Hall–Kier alpha value is -1.06. The van der Waals surface area contributed by atoms with E-state index in [0.29, 0.717) is 12.6 Å². The van der Waals surface area contributed by atoms with E-state index < -0.39 is 6.10 Å². The summed E-state index contributed by atoms with van der Waals surface area (Å²) in [6.07, 6.45) is -0.407. The van der Waals surface area contributed by atoms with Crippen molar-refractivity contribution in [2.24, 2.45) is 0 Å². The fraction of sp³-hybridized carbons (Fsp3) is 0.538. The molecule has 0 amide bonds. The van der Waals surface area contributed by atoms with Crippen molar-refractivity contribution in [2.45, 2.75) is 26.0 Å². The summed E-state index contributed by atoms with van der Waals surface area (Å²) in [5.74, 6) is 0. The lowest BCUT2D eigenvalue weighted by atomic mass is 10.1. The average molecular weight is 223 g/mol. The van der Waals surface area contributed by atoms with Crippen molar-refractivity contribution < 1.29 is 9.84 Å². The van der Waals surface area contributed by atoms with Gasteiger partial charge in [-0.15, -0.1) is 0 Å². The molecular weight excluding hydrogens is 202 g/mol. The number of methoxy groups -OCH3 is 1. The summed E-state index contributed by atoms with van der Waals surface area (Å²) in [5, 5.41) is 9.41. The van der Waals surface area contributed by atoms with Crippen LogP contribution in [0.3, 0.4) is 0 Å². The third-order valence-corrected chi connectivity index (χ3v) is 2.85. The first kappa shape index (κ1) is 13.0. The highest BCUT2D eigenvalue weighted by Gasteiger charge is 2.09. The molecule has 0 radical (unpaired) electrons. The predicted octanol–water partition coefficient (Wildman–Crippen LogP) is 2.21. The van der Waals surface area contributed by atoms with Crippen molar-refractivity contribution in [3.63, 3.8) is 0 Å². The van der Waals surface area contributed by atoms with Gasteiger partial charge in [-0.05, 0) is 31.5 Å². The summed E-state index contributed by atoms with van der Waals surface area (Å²) in [6, 6.07) is 8.29. The molecule has 0 spiro atoms. The Morgan fingerprint density at radius 2 is 1.81 bits per heavy atom. The molecule has 0 saturated heterocycles. The number of ether oxygens (including phenoxy) is 1. The zero-order chi connectivity index (χ0) is 12.1. The molecule has 90 valence electrons. The third kappa shape index (κ3) is 3.22. The number of hydrogen-bond acceptors (Lipinski definition) is 3. The van der Waals surface area contributed by atoms with Gasteiger partial charge in [-0.3, -0.25) is 0 Å². The van der Waals surface area contributed by atoms with E-state index in [1.54, 1.807) is 14.0 Å². The molecule has 0 aliphatic rings. The summed E-state index contributed by atoms with van der Waals surface area (Å²) < 4.78 is 5.13. The molecule has 16 heavy (non-hydrogen) atoms. The number of hydrogen-bond donors (Lipinski definition) is 1. The van der Waals surface area contributed by atoms with Crippen LogP contribution in [-0.4, -0.2) is 31.9 Å². The van der Waals surface area contributed by atoms with Gasteiger partial charge in [-0.1, -0.05) is 12.1 Å². The van der Waals surface area contributed by atoms with Crippen LogP contribution in [0.2, 0.25) is 0 Å². The summed E-state index contributed by atoms with van der Waals surface area (Å²) in [4.78, 5) is 2.16. The first-order valence-corrected chi connectivity index (χ1v) is 5.56. The van der Waals surface area contributed by atoms with Crippen LogP contribution >= 0.6 is 0 Å². The van der Waals surface area contributed by atoms with E-state index in [2.05, 4.69) is 11.8 Å². The number of benzene rings is 1. The monoisotopic (exact) mass is 223 g/mol. The molecule has 0 heterocycles. The number of aliphatic hydroxyl groups excluding tert-OH is 1. The lowest BCUT2D eigenvalue weighted by Crippen LogP contribution is -2.32. The van der Waals surface area contributed by atoms with E-state index in [4.69, 9.17) is 4.74 Å². The Kier molecular flexibility index (Phi) is 4.77. The van der Waals surface area contributed by atoms with Crippen LogP contribution in [0.5, 0.6) is 0 Å². The molecule has 1 aromatic rings. The minimum absolute atomic E-state index is 0.336. The largest absolute Gasteiger partial charge is 0.389 e. The highest BCUT2D eigenvalue weighted by molar-refractivity contribution is 5.48. The summed E-state index contributed by atoms with van der Waals surface area (Å²) >= 11 is 0. The molecule has 0 saturated carbocycles. The van der Waals surface area contributed by atoms with Crippen LogP contribution in [0.15, 0.2) is 24.3 Å². The third-order valence-electron chi connectivity index (χ3n) is 2.85. The Morgan fingerprint density at radius 3 is 2.25 bits per heavy atom. The van der Waals surface area contributed by atoms with Gasteiger partial charge in [0, 0.05) is 25.9 Å². The topological polar surface area (TPSA) is 32.7 Å². The Balaban J connectivity index is 2.73. The molecule has 1 rings (SSSR count). The maximum atomic E-state index is 9.41. The predicted molar refractivity (Wildman–Crippen MR) is 66.8 cm³/mol. The number of likely N-dealkylation sites (N-methyl/N-ethyl adjacent to an activating group) is 1. The van der Waals surface area contributed by atoms with Gasteiger partial charge in [0.1, 0.15) is 0 Å². The number of aliphatic hydroxyl groups is 1. The van der Waals surface area contributed by atoms with E-state index in [1.807, 2.05) is 31.3 Å². The molecule has 0 fully saturated rings. The lowest BCUT2D eigenvalue weighted by Gasteiger charge is -2.26. The summed E-state index contributed by atoms with van der Waals surface area (Å²) in [5.41, 5.74) is 2.07. The molecular formula is C13H21NO2. The van der Waals surface area contributed by atoms with Gasteiger partial charge in [-0.25, -0.2) is 0 Å². The molecule has 1 N–H and O–H groups in total. The van der Waals surface area contributed by atoms with Crippen molar-refractivity contribution in [3.05, 3.63) is 29.8 Å². The Labute approximate surface area is 97.7 Å². The van der Waals surface area contributed by atoms with E-state index >= 15 is 0 Å². The van der Waals surface area contributed by atoms with Crippen molar-refractivity contribution >= 4 is 5.69 Å². The van der Waals surface area contributed by atoms with Crippen molar-refractivity contribution in [1.29, 1.82) is 0 Å². The van der Waals surface area contributed by atoms with Gasteiger partial charge in [0.2, 0.25) is 0 Å². The molecule has 1 aromatic carbocycles. The highest BCUT2D eigenvalue weighted by atomic mass is 16.5. The molecule has 2 atom stereocenters. The van der Waals surface area contributed by atoms with Crippen LogP contribution in [0.4, 0.5) is 5.69 Å². The maximum Gasteiger partial charge on any atom is 0.0761 e. The van der Waals surface area contributed by atoms with Crippen LogP contribution < -0.4 is 4.90 Å². The highest BCUT2D eigenvalue weighted by Crippen LogP contribution is 2.19. The molecule has 3 heteroatoms. The number of anilines is 1. The van der Waals surface area contributed by atoms with E-state index in [0.717, 1.165) is 11.3 Å². The maximum absolute atomic E-state index is 9.41. The second-order valence-corrected chi connectivity index (χ2v) is 4.18. The SMILES string of the molecule is COCC(C)N(C)c1ccc([C@@H](C)O)cc1. The molecule has 0 aliphatic carbocycles. The normalized spacial score (nSPS) is 14.6. The van der Waals surface area contributed by atoms with Crippen LogP contribution in [0, 0.1) is 0 Å². The van der Waals surface area contributed by atoms with E-state index in [9.17, 15) is 5.11 Å². The zero-order valence-electron chi connectivity index (χ0n) is 10.5. The van der Waals surface area contributed by atoms with E-state index in [1.165, 1.54) is 0 Å². The van der Waals surface area contributed by atoms with Crippen LogP contribution in [0.1, 0.15) is 25.5 Å². The first-order valence-electron chi connectivity index (χ1n) is 5.56. The van der Waals surface area contributed by atoms with E-state index in [-0.39, 0.29) is 0 Å². The quantitative estimate of drug-likeness (QED) is 0.830. The second kappa shape index (κ2) is 5.87. The first-order chi connectivity index (χ1) is 7.56. The molecule has 0 aromatic heterocycles. The molecule has 0 bridgehead atoms. The molecule has 3 nitrogen and oxygen atoms in total. The minimum atomic E-state index is -0.407. The smallest absolute Gasteiger partial charge is 0.0761 e. The van der Waals surface area contributed by atoms with Gasteiger partial charge in [0.05, 0.1) is 12.7 Å². The van der Waals surface area contributed by atoms with Crippen molar-refractivity contribution in [1.82, 2.24) is 0 Å². The standard InChI is InChI=1S/C13H21NO2/c1-10(9-16-4)14(3)13-7-5-12(6-8-13)11(2)15/h5-8,10-11,15H,9H2,1-4H3/t10?,11-/m1/s1. The lowest BCUT2D eigenvalue weighted by molar-refractivity contribution is 0.183. The van der Waals surface area contributed by atoms with Gasteiger partial charge in [-0.2, -0.15) is 0 Å². The number of nitrogens with zero attached hydrogens (tertiary/aromatic N) is 1. The zero-order valence-corrected chi connectivity index (χ0v) is 10.5. The Morgan fingerprint density at radius 1 is 1.25 bits per heavy atom. The van der Waals surface area contributed by atoms with Crippen molar-refractivity contribution in [2.75, 3.05) is 25.7 Å². The fourth-order valence-corrected chi connectivity index (χ4v) is 1.60. The minimum Gasteiger partial charge on any atom is -0.389 e. The van der Waals surface area contributed by atoms with Gasteiger partial charge < -0.3 is 14.7 Å². The van der Waals surface area contributed by atoms with Crippen molar-refractivity contribution in [3.8, 4) is 0 Å².